The standard InChI is InChI=1S/C15H19NO4S/c1-20-12-7-5-6-11-13(12)21(18,19)10-15(14(17)16-11)8-3-2-4-9-15/h5-7H,2-4,8-10H2,1H3,(H,16,17). The molecule has 21 heavy (non-hydrogen) atoms. The smallest absolute Gasteiger partial charge is 0.231 e. The highest BCUT2D eigenvalue weighted by molar-refractivity contribution is 7.91. The molecule has 5 nitrogen and oxygen atoms in total. The second-order valence-electron chi connectivity index (χ2n) is 5.89. The molecule has 1 aromatic carbocycles. The molecule has 0 aromatic heterocycles. The normalized spacial score (nSPS) is 23.0. The molecule has 0 unspecified atom stereocenters. The zero-order valence-corrected chi connectivity index (χ0v) is 12.8. The molecule has 1 fully saturated rings. The van der Waals surface area contributed by atoms with Crippen molar-refractivity contribution in [2.24, 2.45) is 5.41 Å². The number of nitrogens with one attached hydrogen (secondary N) is 1. The third kappa shape index (κ3) is 2.31. The van der Waals surface area contributed by atoms with E-state index in [-0.39, 0.29) is 16.6 Å². The van der Waals surface area contributed by atoms with Gasteiger partial charge in [0.15, 0.2) is 9.84 Å². The highest BCUT2D eigenvalue weighted by atomic mass is 32.2. The maximum Gasteiger partial charge on any atom is 0.231 e. The summed E-state index contributed by atoms with van der Waals surface area (Å²) in [6.45, 7) is 0. The number of carbonyl (C=O) groups excluding carboxylic acids is 1. The van der Waals surface area contributed by atoms with Gasteiger partial charge in [-0.05, 0) is 25.0 Å². The summed E-state index contributed by atoms with van der Waals surface area (Å²) in [7, 11) is -2.13. The van der Waals surface area contributed by atoms with E-state index in [4.69, 9.17) is 4.74 Å². The quantitative estimate of drug-likeness (QED) is 0.864. The number of anilines is 1. The number of methoxy groups -OCH3 is 1. The van der Waals surface area contributed by atoms with Gasteiger partial charge in [0.05, 0.1) is 24.0 Å². The molecule has 2 aliphatic rings. The van der Waals surface area contributed by atoms with E-state index in [1.54, 1.807) is 18.2 Å². The van der Waals surface area contributed by atoms with Crippen molar-refractivity contribution in [3.8, 4) is 5.75 Å². The van der Waals surface area contributed by atoms with Gasteiger partial charge in [-0.3, -0.25) is 4.79 Å². The monoisotopic (exact) mass is 309 g/mol. The molecule has 0 atom stereocenters. The van der Waals surface area contributed by atoms with E-state index >= 15 is 0 Å². The average molecular weight is 309 g/mol. The highest BCUT2D eigenvalue weighted by Crippen LogP contribution is 2.45. The molecule has 0 saturated heterocycles. The average Bonchev–Trinajstić information content (AvgIpc) is 2.54. The summed E-state index contributed by atoms with van der Waals surface area (Å²) < 4.78 is 30.8. The van der Waals surface area contributed by atoms with Gasteiger partial charge >= 0.3 is 0 Å². The first kappa shape index (κ1) is 14.4. The number of fused-ring (bicyclic) bond motifs is 1. The SMILES string of the molecule is COc1cccc2c1S(=O)(=O)CC1(CCCCC1)C(=O)N2. The Bertz CT molecular complexity index is 675. The number of sulfone groups is 1. The number of amides is 1. The van der Waals surface area contributed by atoms with Gasteiger partial charge in [-0.25, -0.2) is 8.42 Å². The molecule has 1 aromatic rings. The van der Waals surface area contributed by atoms with Crippen LogP contribution < -0.4 is 10.1 Å². The van der Waals surface area contributed by atoms with Crippen LogP contribution in [0.3, 0.4) is 0 Å². The highest BCUT2D eigenvalue weighted by Gasteiger charge is 2.47. The third-order valence-electron chi connectivity index (χ3n) is 4.52. The van der Waals surface area contributed by atoms with Crippen molar-refractivity contribution in [2.45, 2.75) is 37.0 Å². The van der Waals surface area contributed by atoms with E-state index in [1.165, 1.54) is 7.11 Å². The predicted molar refractivity (Wildman–Crippen MR) is 79.2 cm³/mol. The number of hydrogen-bond donors (Lipinski definition) is 1. The lowest BCUT2D eigenvalue weighted by atomic mass is 9.75. The van der Waals surface area contributed by atoms with Crippen LogP contribution in [0.1, 0.15) is 32.1 Å². The fourth-order valence-electron chi connectivity index (χ4n) is 3.45. The lowest BCUT2D eigenvalue weighted by molar-refractivity contribution is -0.126. The predicted octanol–water partition coefficient (Wildman–Crippen LogP) is 2.37. The Balaban J connectivity index is 2.15. The molecule has 0 bridgehead atoms. The van der Waals surface area contributed by atoms with Crippen LogP contribution in [0.2, 0.25) is 0 Å². The van der Waals surface area contributed by atoms with Gasteiger partial charge in [-0.15, -0.1) is 0 Å². The van der Waals surface area contributed by atoms with Crippen LogP contribution in [0.4, 0.5) is 5.69 Å². The summed E-state index contributed by atoms with van der Waals surface area (Å²) in [6.07, 6.45) is 4.13. The Hall–Kier alpha value is -1.56. The summed E-state index contributed by atoms with van der Waals surface area (Å²) in [5.41, 5.74) is -0.456. The minimum Gasteiger partial charge on any atom is -0.495 e. The van der Waals surface area contributed by atoms with Gasteiger partial charge in [0.1, 0.15) is 10.6 Å². The molecular formula is C15H19NO4S. The first-order valence-corrected chi connectivity index (χ1v) is 8.85. The van der Waals surface area contributed by atoms with E-state index in [9.17, 15) is 13.2 Å². The van der Waals surface area contributed by atoms with Gasteiger partial charge < -0.3 is 10.1 Å². The molecule has 1 saturated carbocycles. The van der Waals surface area contributed by atoms with Crippen molar-refractivity contribution in [3.05, 3.63) is 18.2 Å². The Morgan fingerprint density at radius 3 is 2.57 bits per heavy atom. The van der Waals surface area contributed by atoms with Gasteiger partial charge in [0.25, 0.3) is 0 Å². The molecule has 1 amide bonds. The Morgan fingerprint density at radius 2 is 1.90 bits per heavy atom. The summed E-state index contributed by atoms with van der Waals surface area (Å²) in [6, 6.07) is 4.92. The molecule has 1 aliphatic carbocycles. The lowest BCUT2D eigenvalue weighted by Gasteiger charge is -2.33. The van der Waals surface area contributed by atoms with Gasteiger partial charge in [-0.1, -0.05) is 25.3 Å². The van der Waals surface area contributed by atoms with E-state index in [1.807, 2.05) is 0 Å². The second kappa shape index (κ2) is 5.02. The molecule has 114 valence electrons. The molecular weight excluding hydrogens is 290 g/mol. The van der Waals surface area contributed by atoms with Crippen LogP contribution in [-0.2, 0) is 14.6 Å². The molecule has 1 heterocycles. The minimum absolute atomic E-state index is 0.114. The lowest BCUT2D eigenvalue weighted by Crippen LogP contribution is -2.41. The van der Waals surface area contributed by atoms with E-state index in [2.05, 4.69) is 5.32 Å². The summed E-state index contributed by atoms with van der Waals surface area (Å²) >= 11 is 0. The number of benzene rings is 1. The zero-order valence-electron chi connectivity index (χ0n) is 12.0. The third-order valence-corrected chi connectivity index (χ3v) is 6.49. The van der Waals surface area contributed by atoms with Crippen LogP contribution in [0, 0.1) is 5.41 Å². The number of carbonyl (C=O) groups is 1. The number of ether oxygens (including phenoxy) is 1. The van der Waals surface area contributed by atoms with Crippen LogP contribution >= 0.6 is 0 Å². The van der Waals surface area contributed by atoms with Gasteiger partial charge in [0.2, 0.25) is 5.91 Å². The zero-order chi connectivity index (χ0) is 15.1. The fourth-order valence-corrected chi connectivity index (χ4v) is 5.66. The van der Waals surface area contributed by atoms with Crippen LogP contribution in [-0.4, -0.2) is 27.2 Å². The van der Waals surface area contributed by atoms with Crippen molar-refractivity contribution in [1.82, 2.24) is 0 Å². The number of rotatable bonds is 1. The number of hydrogen-bond acceptors (Lipinski definition) is 4. The van der Waals surface area contributed by atoms with E-state index < -0.39 is 15.3 Å². The fraction of sp³-hybridized carbons (Fsp3) is 0.533. The maximum absolute atomic E-state index is 12.8. The Labute approximate surface area is 124 Å². The molecule has 1 N–H and O–H groups in total. The van der Waals surface area contributed by atoms with Crippen LogP contribution in [0.25, 0.3) is 0 Å². The van der Waals surface area contributed by atoms with Crippen molar-refractivity contribution in [2.75, 3.05) is 18.2 Å². The summed E-state index contributed by atoms with van der Waals surface area (Å²) in [5.74, 6) is -0.00223. The Kier molecular flexibility index (Phi) is 3.43. The molecule has 3 rings (SSSR count). The molecule has 6 heteroatoms. The molecule has 0 radical (unpaired) electrons. The van der Waals surface area contributed by atoms with Crippen molar-refractivity contribution < 1.29 is 17.9 Å². The first-order valence-electron chi connectivity index (χ1n) is 7.20. The van der Waals surface area contributed by atoms with Crippen LogP contribution in [0.15, 0.2) is 23.1 Å². The Morgan fingerprint density at radius 1 is 1.19 bits per heavy atom. The first-order chi connectivity index (χ1) is 9.98. The van der Waals surface area contributed by atoms with Crippen molar-refractivity contribution in [1.29, 1.82) is 0 Å². The van der Waals surface area contributed by atoms with Crippen molar-refractivity contribution in [3.63, 3.8) is 0 Å². The topological polar surface area (TPSA) is 72.5 Å². The van der Waals surface area contributed by atoms with E-state index in [0.29, 0.717) is 24.3 Å². The summed E-state index contributed by atoms with van der Waals surface area (Å²) in [4.78, 5) is 12.7. The maximum atomic E-state index is 12.8. The molecule has 1 aliphatic heterocycles. The van der Waals surface area contributed by atoms with Crippen molar-refractivity contribution >= 4 is 21.4 Å². The van der Waals surface area contributed by atoms with Gasteiger partial charge in [0, 0.05) is 0 Å². The molecule has 1 spiro atoms. The largest absolute Gasteiger partial charge is 0.495 e. The van der Waals surface area contributed by atoms with E-state index in [0.717, 1.165) is 19.3 Å². The summed E-state index contributed by atoms with van der Waals surface area (Å²) in [5, 5.41) is 2.82. The minimum atomic E-state index is -3.57. The second-order valence-corrected chi connectivity index (χ2v) is 7.82. The van der Waals surface area contributed by atoms with Gasteiger partial charge in [-0.2, -0.15) is 0 Å². The van der Waals surface area contributed by atoms with Crippen LogP contribution in [0.5, 0.6) is 5.75 Å².